The second kappa shape index (κ2) is 7.33. The first-order valence-corrected chi connectivity index (χ1v) is 6.66. The highest BCUT2D eigenvalue weighted by Crippen LogP contribution is 2.35. The van der Waals surface area contributed by atoms with Gasteiger partial charge in [0, 0.05) is 11.6 Å². The van der Waals surface area contributed by atoms with Gasteiger partial charge in [-0.25, -0.2) is 0 Å². The Morgan fingerprint density at radius 1 is 1.37 bits per heavy atom. The monoisotopic (exact) mass is 267 g/mol. The number of fused-ring (bicyclic) bond motifs is 1. The van der Waals surface area contributed by atoms with Crippen LogP contribution >= 0.6 is 0 Å². The van der Waals surface area contributed by atoms with Gasteiger partial charge in [-0.05, 0) is 18.7 Å². The van der Waals surface area contributed by atoms with Gasteiger partial charge in [-0.1, -0.05) is 6.92 Å². The number of hydrogen-bond acceptors (Lipinski definition) is 5. The van der Waals surface area contributed by atoms with Crippen molar-refractivity contribution < 1.29 is 19.3 Å². The largest absolute Gasteiger partial charge is 0.491 e. The summed E-state index contributed by atoms with van der Waals surface area (Å²) in [5.74, 6) is 1.67. The highest BCUT2D eigenvalue weighted by molar-refractivity contribution is 5.45. The maximum atomic E-state index is 8.57. The van der Waals surface area contributed by atoms with Gasteiger partial charge in [-0.2, -0.15) is 0 Å². The average Bonchev–Trinajstić information content (AvgIpc) is 2.82. The first kappa shape index (κ1) is 14.1. The van der Waals surface area contributed by atoms with Crippen molar-refractivity contribution in [3.8, 4) is 11.5 Å². The summed E-state index contributed by atoms with van der Waals surface area (Å²) in [6.07, 6.45) is 0. The molecule has 0 saturated carbocycles. The summed E-state index contributed by atoms with van der Waals surface area (Å²) in [6.45, 7) is 5.01. The van der Waals surface area contributed by atoms with Gasteiger partial charge in [-0.15, -0.1) is 0 Å². The predicted octanol–water partition coefficient (Wildman–Crippen LogP) is 1.12. The number of rotatable bonds is 8. The molecule has 0 fully saturated rings. The summed E-state index contributed by atoms with van der Waals surface area (Å²) in [5.41, 5.74) is 1.19. The van der Waals surface area contributed by atoms with Crippen molar-refractivity contribution in [3.63, 3.8) is 0 Å². The molecule has 0 radical (unpaired) electrons. The van der Waals surface area contributed by atoms with Crippen LogP contribution in [0.5, 0.6) is 11.5 Å². The van der Waals surface area contributed by atoms with E-state index < -0.39 is 0 Å². The number of ether oxygens (including phenoxy) is 3. The Labute approximate surface area is 113 Å². The van der Waals surface area contributed by atoms with Crippen LogP contribution in [0.2, 0.25) is 0 Å². The van der Waals surface area contributed by atoms with Crippen LogP contribution in [0.3, 0.4) is 0 Å². The maximum absolute atomic E-state index is 8.57. The maximum Gasteiger partial charge on any atom is 0.127 e. The summed E-state index contributed by atoms with van der Waals surface area (Å²) < 4.78 is 16.3. The van der Waals surface area contributed by atoms with Crippen LogP contribution in [0, 0.1) is 0 Å². The average molecular weight is 267 g/mol. The molecule has 19 heavy (non-hydrogen) atoms. The van der Waals surface area contributed by atoms with Crippen LogP contribution in [0.25, 0.3) is 0 Å². The van der Waals surface area contributed by atoms with Gasteiger partial charge in [0.25, 0.3) is 0 Å². The van der Waals surface area contributed by atoms with E-state index in [-0.39, 0.29) is 12.6 Å². The van der Waals surface area contributed by atoms with Crippen molar-refractivity contribution in [2.75, 3.05) is 39.6 Å². The molecule has 5 nitrogen and oxygen atoms in total. The van der Waals surface area contributed by atoms with Crippen molar-refractivity contribution in [1.29, 1.82) is 0 Å². The standard InChI is InChI=1S/C14H21NO4/c1-2-15-13-10-19-14-9-11(3-4-12(13)14)18-8-7-17-6-5-16/h3-4,9,13,15-16H,2,5-8,10H2,1H3. The van der Waals surface area contributed by atoms with Crippen molar-refractivity contribution in [2.24, 2.45) is 0 Å². The first-order valence-electron chi connectivity index (χ1n) is 6.66. The third-order valence-electron chi connectivity index (χ3n) is 2.95. The summed E-state index contributed by atoms with van der Waals surface area (Å²) >= 11 is 0. The molecule has 1 atom stereocenters. The molecule has 5 heteroatoms. The second-order valence-corrected chi connectivity index (χ2v) is 4.31. The van der Waals surface area contributed by atoms with Crippen LogP contribution in [-0.4, -0.2) is 44.7 Å². The van der Waals surface area contributed by atoms with Crippen LogP contribution in [0.1, 0.15) is 18.5 Å². The summed E-state index contributed by atoms with van der Waals surface area (Å²) in [7, 11) is 0. The Morgan fingerprint density at radius 2 is 2.26 bits per heavy atom. The van der Waals surface area contributed by atoms with Gasteiger partial charge in [0.1, 0.15) is 24.7 Å². The minimum Gasteiger partial charge on any atom is -0.491 e. The van der Waals surface area contributed by atoms with E-state index >= 15 is 0 Å². The van der Waals surface area contributed by atoms with Crippen LogP contribution in [-0.2, 0) is 4.74 Å². The third-order valence-corrected chi connectivity index (χ3v) is 2.95. The van der Waals surface area contributed by atoms with E-state index in [0.717, 1.165) is 18.0 Å². The Balaban J connectivity index is 1.84. The fourth-order valence-electron chi connectivity index (χ4n) is 2.08. The molecule has 1 aromatic rings. The van der Waals surface area contributed by atoms with Gasteiger partial charge in [0.05, 0.1) is 25.9 Å². The molecule has 1 unspecified atom stereocenters. The van der Waals surface area contributed by atoms with E-state index in [9.17, 15) is 0 Å². The summed E-state index contributed by atoms with van der Waals surface area (Å²) in [5, 5.41) is 11.9. The number of nitrogens with one attached hydrogen (secondary N) is 1. The predicted molar refractivity (Wildman–Crippen MR) is 71.8 cm³/mol. The lowest BCUT2D eigenvalue weighted by Gasteiger charge is -2.10. The Bertz CT molecular complexity index is 397. The smallest absolute Gasteiger partial charge is 0.127 e. The van der Waals surface area contributed by atoms with Gasteiger partial charge < -0.3 is 24.6 Å². The zero-order valence-corrected chi connectivity index (χ0v) is 11.2. The van der Waals surface area contributed by atoms with Gasteiger partial charge in [0.2, 0.25) is 0 Å². The molecule has 1 heterocycles. The molecule has 2 rings (SSSR count). The van der Waals surface area contributed by atoms with Crippen molar-refractivity contribution >= 4 is 0 Å². The fourth-order valence-corrected chi connectivity index (χ4v) is 2.08. The number of hydrogen-bond donors (Lipinski definition) is 2. The quantitative estimate of drug-likeness (QED) is 0.691. The van der Waals surface area contributed by atoms with Crippen LogP contribution in [0.15, 0.2) is 18.2 Å². The minimum absolute atomic E-state index is 0.0402. The molecular formula is C14H21NO4. The SMILES string of the molecule is CCNC1COc2cc(OCCOCCO)ccc21. The Hall–Kier alpha value is -1.30. The molecule has 1 aliphatic rings. The van der Waals surface area contributed by atoms with E-state index in [2.05, 4.69) is 12.2 Å². The van der Waals surface area contributed by atoms with Gasteiger partial charge in [-0.3, -0.25) is 0 Å². The zero-order valence-electron chi connectivity index (χ0n) is 11.2. The molecule has 0 aliphatic carbocycles. The topological polar surface area (TPSA) is 60.0 Å². The highest BCUT2D eigenvalue weighted by Gasteiger charge is 2.23. The first-order chi connectivity index (χ1) is 9.35. The van der Waals surface area contributed by atoms with Crippen LogP contribution < -0.4 is 14.8 Å². The molecule has 2 N–H and O–H groups in total. The molecule has 0 aromatic heterocycles. The van der Waals surface area contributed by atoms with E-state index in [1.807, 2.05) is 18.2 Å². The summed E-state index contributed by atoms with van der Waals surface area (Å²) in [6, 6.07) is 6.18. The number of likely N-dealkylation sites (N-methyl/N-ethyl adjacent to an activating group) is 1. The third kappa shape index (κ3) is 3.83. The normalized spacial score (nSPS) is 17.1. The molecular weight excluding hydrogens is 246 g/mol. The van der Waals surface area contributed by atoms with Crippen LogP contribution in [0.4, 0.5) is 0 Å². The fraction of sp³-hybridized carbons (Fsp3) is 0.571. The van der Waals surface area contributed by atoms with E-state index in [1.165, 1.54) is 5.56 Å². The molecule has 0 amide bonds. The van der Waals surface area contributed by atoms with E-state index in [1.54, 1.807) is 0 Å². The van der Waals surface area contributed by atoms with Crippen molar-refractivity contribution in [3.05, 3.63) is 23.8 Å². The lowest BCUT2D eigenvalue weighted by molar-refractivity contribution is 0.0705. The minimum atomic E-state index is 0.0402. The zero-order chi connectivity index (χ0) is 13.5. The van der Waals surface area contributed by atoms with Gasteiger partial charge >= 0.3 is 0 Å². The number of benzene rings is 1. The Kier molecular flexibility index (Phi) is 5.44. The molecule has 1 aliphatic heterocycles. The lowest BCUT2D eigenvalue weighted by Crippen LogP contribution is -2.21. The molecule has 1 aromatic carbocycles. The molecule has 0 bridgehead atoms. The van der Waals surface area contributed by atoms with Crippen molar-refractivity contribution in [1.82, 2.24) is 5.32 Å². The number of aliphatic hydroxyl groups is 1. The van der Waals surface area contributed by atoms with Crippen molar-refractivity contribution in [2.45, 2.75) is 13.0 Å². The van der Waals surface area contributed by atoms with Gasteiger partial charge in [0.15, 0.2) is 0 Å². The molecule has 0 spiro atoms. The molecule has 106 valence electrons. The Morgan fingerprint density at radius 3 is 3.05 bits per heavy atom. The molecule has 0 saturated heterocycles. The lowest BCUT2D eigenvalue weighted by atomic mass is 10.1. The second-order valence-electron chi connectivity index (χ2n) is 4.31. The summed E-state index contributed by atoms with van der Waals surface area (Å²) in [4.78, 5) is 0. The number of aliphatic hydroxyl groups excluding tert-OH is 1. The van der Waals surface area contributed by atoms with E-state index in [4.69, 9.17) is 19.3 Å². The van der Waals surface area contributed by atoms with E-state index in [0.29, 0.717) is 26.4 Å². The highest BCUT2D eigenvalue weighted by atomic mass is 16.5.